The number of halogens is 1. The van der Waals surface area contributed by atoms with Gasteiger partial charge >= 0.3 is 5.97 Å². The van der Waals surface area contributed by atoms with Gasteiger partial charge in [0.1, 0.15) is 5.41 Å². The monoisotopic (exact) mass is 433 g/mol. The van der Waals surface area contributed by atoms with Crippen LogP contribution in [-0.4, -0.2) is 27.2 Å². The summed E-state index contributed by atoms with van der Waals surface area (Å²) in [6.45, 7) is 6.08. The van der Waals surface area contributed by atoms with Gasteiger partial charge in [0.2, 0.25) is 0 Å². The molecule has 0 fully saturated rings. The third-order valence-electron chi connectivity index (χ3n) is 5.49. The lowest BCUT2D eigenvalue weighted by Crippen LogP contribution is -2.38. The molecule has 0 spiro atoms. The molecule has 31 heavy (non-hydrogen) atoms. The summed E-state index contributed by atoms with van der Waals surface area (Å²) in [6.07, 6.45) is 3.98. The van der Waals surface area contributed by atoms with Gasteiger partial charge in [-0.15, -0.1) is 0 Å². The zero-order valence-corrected chi connectivity index (χ0v) is 18.6. The van der Waals surface area contributed by atoms with Gasteiger partial charge in [-0.1, -0.05) is 53.6 Å². The summed E-state index contributed by atoms with van der Waals surface area (Å²) in [5.41, 5.74) is 4.52. The molecule has 0 aliphatic carbocycles. The topological polar surface area (TPSA) is 56.5 Å². The van der Waals surface area contributed by atoms with E-state index in [9.17, 15) is 4.79 Å². The van der Waals surface area contributed by atoms with E-state index in [1.54, 1.807) is 16.9 Å². The summed E-state index contributed by atoms with van der Waals surface area (Å²) in [4.78, 5) is 17.8. The second kappa shape index (κ2) is 8.52. The highest BCUT2D eigenvalue weighted by atomic mass is 35.5. The van der Waals surface area contributed by atoms with Gasteiger partial charge in [0.05, 0.1) is 18.5 Å². The lowest BCUT2D eigenvalue weighted by atomic mass is 9.80. The van der Waals surface area contributed by atoms with Crippen LogP contribution in [0.3, 0.4) is 0 Å². The van der Waals surface area contributed by atoms with Gasteiger partial charge in [-0.3, -0.25) is 4.79 Å². The minimum atomic E-state index is -0.936. The molecular formula is C25H24ClN3O2. The first-order chi connectivity index (χ1) is 14.9. The quantitative estimate of drug-likeness (QED) is 0.381. The summed E-state index contributed by atoms with van der Waals surface area (Å²) in [5.74, 6) is -0.285. The van der Waals surface area contributed by atoms with Crippen LogP contribution in [-0.2, 0) is 21.4 Å². The SMILES string of the molecule is CCOC(=O)C(C)(Cc1cccc(C)c1)c1ccnc2c(-c3ccc(Cl)cc3)cnn12. The van der Waals surface area contributed by atoms with Crippen molar-refractivity contribution >= 4 is 23.2 Å². The number of fused-ring (bicyclic) bond motifs is 1. The Hall–Kier alpha value is -3.18. The fourth-order valence-corrected chi connectivity index (χ4v) is 4.06. The molecule has 0 bridgehead atoms. The van der Waals surface area contributed by atoms with Crippen LogP contribution in [0.5, 0.6) is 0 Å². The van der Waals surface area contributed by atoms with Crippen LogP contribution in [0.2, 0.25) is 5.02 Å². The molecule has 4 aromatic rings. The molecule has 4 rings (SSSR count). The second-order valence-corrected chi connectivity index (χ2v) is 8.29. The Labute approximate surface area is 186 Å². The molecule has 5 nitrogen and oxygen atoms in total. The Morgan fingerprint density at radius 3 is 2.65 bits per heavy atom. The van der Waals surface area contributed by atoms with Crippen LogP contribution in [0.15, 0.2) is 67.0 Å². The number of carbonyl (C=O) groups is 1. The fraction of sp³-hybridized carbons (Fsp3) is 0.240. The van der Waals surface area contributed by atoms with Crippen molar-refractivity contribution in [2.75, 3.05) is 6.61 Å². The molecule has 2 heterocycles. The number of nitrogens with zero attached hydrogens (tertiary/aromatic N) is 3. The van der Waals surface area contributed by atoms with Crippen LogP contribution in [0.4, 0.5) is 0 Å². The summed E-state index contributed by atoms with van der Waals surface area (Å²) in [5, 5.41) is 5.27. The Morgan fingerprint density at radius 1 is 1.16 bits per heavy atom. The molecule has 2 aromatic heterocycles. The lowest BCUT2D eigenvalue weighted by molar-refractivity contribution is -0.149. The van der Waals surface area contributed by atoms with E-state index in [4.69, 9.17) is 16.3 Å². The summed E-state index contributed by atoms with van der Waals surface area (Å²) in [6, 6.07) is 17.6. The number of esters is 1. The number of ether oxygens (including phenoxy) is 1. The van der Waals surface area contributed by atoms with Crippen LogP contribution in [0, 0.1) is 6.92 Å². The summed E-state index contributed by atoms with van der Waals surface area (Å²) < 4.78 is 7.25. The number of aryl methyl sites for hydroxylation is 1. The van der Waals surface area contributed by atoms with Crippen molar-refractivity contribution in [3.8, 4) is 11.1 Å². The van der Waals surface area contributed by atoms with Crippen LogP contribution in [0.1, 0.15) is 30.7 Å². The van der Waals surface area contributed by atoms with E-state index in [1.807, 2.05) is 69.3 Å². The highest BCUT2D eigenvalue weighted by Gasteiger charge is 2.39. The molecule has 6 heteroatoms. The molecule has 0 amide bonds. The van der Waals surface area contributed by atoms with Gasteiger partial charge in [0, 0.05) is 16.8 Å². The molecule has 158 valence electrons. The smallest absolute Gasteiger partial charge is 0.318 e. The zero-order valence-electron chi connectivity index (χ0n) is 17.8. The van der Waals surface area contributed by atoms with Crippen LogP contribution >= 0.6 is 11.6 Å². The number of benzene rings is 2. The molecule has 2 aromatic carbocycles. The first-order valence-electron chi connectivity index (χ1n) is 10.2. The maximum Gasteiger partial charge on any atom is 0.318 e. The number of hydrogen-bond donors (Lipinski definition) is 0. The van der Waals surface area contributed by atoms with E-state index in [-0.39, 0.29) is 5.97 Å². The van der Waals surface area contributed by atoms with Crippen molar-refractivity contribution in [3.63, 3.8) is 0 Å². The predicted octanol–water partition coefficient (Wildman–Crippen LogP) is 5.42. The van der Waals surface area contributed by atoms with Crippen molar-refractivity contribution in [1.29, 1.82) is 0 Å². The first kappa shape index (κ1) is 21.1. The number of aromatic nitrogens is 3. The third-order valence-corrected chi connectivity index (χ3v) is 5.74. The van der Waals surface area contributed by atoms with Crippen molar-refractivity contribution in [3.05, 3.63) is 88.8 Å². The van der Waals surface area contributed by atoms with E-state index in [2.05, 4.69) is 16.1 Å². The van der Waals surface area contributed by atoms with E-state index in [0.717, 1.165) is 27.9 Å². The van der Waals surface area contributed by atoms with E-state index >= 15 is 0 Å². The highest BCUT2D eigenvalue weighted by molar-refractivity contribution is 6.30. The number of carbonyl (C=O) groups excluding carboxylic acids is 1. The van der Waals surface area contributed by atoms with Gasteiger partial charge in [-0.25, -0.2) is 9.50 Å². The molecule has 0 aliphatic heterocycles. The molecule has 0 radical (unpaired) electrons. The molecule has 0 saturated carbocycles. The summed E-state index contributed by atoms with van der Waals surface area (Å²) in [7, 11) is 0. The average Bonchev–Trinajstić information content (AvgIpc) is 3.18. The lowest BCUT2D eigenvalue weighted by Gasteiger charge is -2.28. The molecule has 0 N–H and O–H groups in total. The zero-order chi connectivity index (χ0) is 22.0. The first-order valence-corrected chi connectivity index (χ1v) is 10.6. The molecule has 1 atom stereocenters. The second-order valence-electron chi connectivity index (χ2n) is 7.85. The Morgan fingerprint density at radius 2 is 1.94 bits per heavy atom. The van der Waals surface area contributed by atoms with Crippen molar-refractivity contribution in [2.45, 2.75) is 32.6 Å². The van der Waals surface area contributed by atoms with Crippen LogP contribution < -0.4 is 0 Å². The van der Waals surface area contributed by atoms with Gasteiger partial charge in [0.15, 0.2) is 5.65 Å². The fourth-order valence-electron chi connectivity index (χ4n) is 3.93. The van der Waals surface area contributed by atoms with Crippen LogP contribution in [0.25, 0.3) is 16.8 Å². The Bertz CT molecular complexity index is 1230. The summed E-state index contributed by atoms with van der Waals surface area (Å²) >= 11 is 6.04. The van der Waals surface area contributed by atoms with Gasteiger partial charge in [-0.2, -0.15) is 5.10 Å². The average molecular weight is 434 g/mol. The predicted molar refractivity (Wildman–Crippen MR) is 122 cm³/mol. The molecule has 1 unspecified atom stereocenters. The van der Waals surface area contributed by atoms with Gasteiger partial charge in [-0.05, 0) is 56.5 Å². The Balaban J connectivity index is 1.86. The maximum absolute atomic E-state index is 13.2. The molecular weight excluding hydrogens is 410 g/mol. The van der Waals surface area contributed by atoms with E-state index in [1.165, 1.54) is 0 Å². The normalized spacial score (nSPS) is 13.2. The minimum absolute atomic E-state index is 0.285. The van der Waals surface area contributed by atoms with Crippen molar-refractivity contribution in [2.24, 2.45) is 0 Å². The van der Waals surface area contributed by atoms with Gasteiger partial charge < -0.3 is 4.74 Å². The molecule has 0 saturated heterocycles. The maximum atomic E-state index is 13.2. The Kier molecular flexibility index (Phi) is 5.79. The third kappa shape index (κ3) is 4.06. The van der Waals surface area contributed by atoms with Crippen molar-refractivity contribution < 1.29 is 9.53 Å². The van der Waals surface area contributed by atoms with Crippen molar-refractivity contribution in [1.82, 2.24) is 14.6 Å². The standard InChI is InChI=1S/C25H24ClN3O2/c1-4-31-24(30)25(3,15-18-7-5-6-17(2)14-18)22-12-13-27-23-21(16-28-29(22)23)19-8-10-20(26)11-9-19/h5-14,16H,4,15H2,1-3H3. The highest BCUT2D eigenvalue weighted by Crippen LogP contribution is 2.33. The largest absolute Gasteiger partial charge is 0.465 e. The molecule has 0 aliphatic rings. The van der Waals surface area contributed by atoms with E-state index in [0.29, 0.717) is 23.7 Å². The number of rotatable bonds is 6. The minimum Gasteiger partial charge on any atom is -0.465 e. The van der Waals surface area contributed by atoms with E-state index < -0.39 is 5.41 Å². The number of hydrogen-bond acceptors (Lipinski definition) is 4. The van der Waals surface area contributed by atoms with Gasteiger partial charge in [0.25, 0.3) is 0 Å².